The van der Waals surface area contributed by atoms with Gasteiger partial charge in [0.25, 0.3) is 5.91 Å². The Hall–Kier alpha value is -2.33. The van der Waals surface area contributed by atoms with Gasteiger partial charge in [-0.15, -0.1) is 0 Å². The number of rotatable bonds is 3. The van der Waals surface area contributed by atoms with Gasteiger partial charge < -0.3 is 10.0 Å². The largest absolute Gasteiger partial charge is 0.478 e. The number of carboxylic acids is 1. The second-order valence-electron chi connectivity index (χ2n) is 4.70. The van der Waals surface area contributed by atoms with Gasteiger partial charge in [-0.2, -0.15) is 0 Å². The van der Waals surface area contributed by atoms with E-state index in [1.807, 2.05) is 6.92 Å². The van der Waals surface area contributed by atoms with Crippen molar-refractivity contribution in [1.82, 2.24) is 0 Å². The molecule has 0 bridgehead atoms. The maximum Gasteiger partial charge on any atom is 0.337 e. The van der Waals surface area contributed by atoms with Gasteiger partial charge >= 0.3 is 5.97 Å². The number of carbonyl (C=O) groups excluding carboxylic acids is 1. The van der Waals surface area contributed by atoms with Crippen molar-refractivity contribution in [1.29, 1.82) is 0 Å². The van der Waals surface area contributed by atoms with E-state index in [-0.39, 0.29) is 11.5 Å². The zero-order valence-electron chi connectivity index (χ0n) is 11.6. The van der Waals surface area contributed by atoms with E-state index < -0.39 is 5.97 Å². The molecule has 2 rings (SSSR count). The molecule has 4 nitrogen and oxygen atoms in total. The van der Waals surface area contributed by atoms with Crippen molar-refractivity contribution in [2.75, 3.05) is 11.9 Å². The van der Waals surface area contributed by atoms with Gasteiger partial charge in [0.15, 0.2) is 0 Å². The Bertz CT molecular complexity index is 692. The number of para-hydroxylation sites is 1. The number of anilines is 1. The van der Waals surface area contributed by atoms with E-state index in [9.17, 15) is 14.7 Å². The maximum absolute atomic E-state index is 12.5. The van der Waals surface area contributed by atoms with Gasteiger partial charge in [-0.05, 0) is 42.8 Å². The highest BCUT2D eigenvalue weighted by molar-refractivity contribution is 6.31. The molecular formula is C16H14ClNO3. The molecule has 0 aliphatic heterocycles. The minimum Gasteiger partial charge on any atom is -0.478 e. The molecule has 21 heavy (non-hydrogen) atoms. The fourth-order valence-electron chi connectivity index (χ4n) is 2.11. The van der Waals surface area contributed by atoms with Gasteiger partial charge in [-0.25, -0.2) is 4.79 Å². The fourth-order valence-corrected chi connectivity index (χ4v) is 2.40. The van der Waals surface area contributed by atoms with Crippen LogP contribution in [0.5, 0.6) is 0 Å². The van der Waals surface area contributed by atoms with Crippen LogP contribution in [-0.4, -0.2) is 24.0 Å². The molecule has 0 aliphatic rings. The molecule has 1 amide bonds. The molecule has 0 atom stereocenters. The van der Waals surface area contributed by atoms with Crippen LogP contribution in [0.4, 0.5) is 5.69 Å². The number of aromatic carboxylic acids is 1. The first-order chi connectivity index (χ1) is 9.90. The average Bonchev–Trinajstić information content (AvgIpc) is 2.44. The quantitative estimate of drug-likeness (QED) is 0.942. The van der Waals surface area contributed by atoms with Crippen LogP contribution in [0.3, 0.4) is 0 Å². The number of aryl methyl sites for hydroxylation is 1. The maximum atomic E-state index is 12.5. The van der Waals surface area contributed by atoms with Crippen LogP contribution in [0.25, 0.3) is 0 Å². The molecule has 0 fully saturated rings. The number of hydrogen-bond acceptors (Lipinski definition) is 2. The van der Waals surface area contributed by atoms with Crippen LogP contribution in [0.1, 0.15) is 26.3 Å². The van der Waals surface area contributed by atoms with Crippen molar-refractivity contribution < 1.29 is 14.7 Å². The van der Waals surface area contributed by atoms with E-state index in [1.165, 1.54) is 11.0 Å². The summed E-state index contributed by atoms with van der Waals surface area (Å²) in [7, 11) is 1.54. The normalized spacial score (nSPS) is 10.2. The zero-order chi connectivity index (χ0) is 15.6. The van der Waals surface area contributed by atoms with E-state index in [1.54, 1.807) is 43.4 Å². The van der Waals surface area contributed by atoms with E-state index in [2.05, 4.69) is 0 Å². The van der Waals surface area contributed by atoms with Crippen molar-refractivity contribution in [3.63, 3.8) is 0 Å². The topological polar surface area (TPSA) is 57.6 Å². The minimum absolute atomic E-state index is 0.0760. The van der Waals surface area contributed by atoms with Crippen molar-refractivity contribution in [2.24, 2.45) is 0 Å². The van der Waals surface area contributed by atoms with Crippen molar-refractivity contribution in [2.45, 2.75) is 6.92 Å². The Labute approximate surface area is 127 Å². The summed E-state index contributed by atoms with van der Waals surface area (Å²) in [6.07, 6.45) is 0. The first-order valence-corrected chi connectivity index (χ1v) is 6.65. The monoisotopic (exact) mass is 303 g/mol. The summed E-state index contributed by atoms with van der Waals surface area (Å²) in [6.45, 7) is 1.84. The molecule has 0 aromatic heterocycles. The molecule has 0 saturated carbocycles. The third-order valence-corrected chi connectivity index (χ3v) is 3.31. The molecule has 2 aromatic rings. The van der Waals surface area contributed by atoms with E-state index in [0.29, 0.717) is 16.3 Å². The Balaban J connectivity index is 2.42. The lowest BCUT2D eigenvalue weighted by Crippen LogP contribution is -2.28. The fraction of sp³-hybridized carbons (Fsp3) is 0.125. The summed E-state index contributed by atoms with van der Waals surface area (Å²) in [5.41, 5.74) is 1.70. The zero-order valence-corrected chi connectivity index (χ0v) is 12.4. The summed E-state index contributed by atoms with van der Waals surface area (Å²) in [5, 5.41) is 9.67. The molecule has 2 aromatic carbocycles. The molecule has 0 aliphatic carbocycles. The van der Waals surface area contributed by atoms with Crippen LogP contribution in [0.15, 0.2) is 42.5 Å². The van der Waals surface area contributed by atoms with Crippen LogP contribution in [-0.2, 0) is 0 Å². The first kappa shape index (κ1) is 15.1. The number of carboxylic acid groups (broad SMARTS) is 1. The van der Waals surface area contributed by atoms with Gasteiger partial charge in [-0.3, -0.25) is 4.79 Å². The summed E-state index contributed by atoms with van der Waals surface area (Å²) in [4.78, 5) is 25.0. The molecule has 108 valence electrons. The lowest BCUT2D eigenvalue weighted by molar-refractivity contribution is 0.0697. The SMILES string of the molecule is Cc1cc(Cl)cc(C(=O)N(C)c2ccccc2C(=O)O)c1. The summed E-state index contributed by atoms with van der Waals surface area (Å²) < 4.78 is 0. The number of hydrogen-bond donors (Lipinski definition) is 1. The highest BCUT2D eigenvalue weighted by atomic mass is 35.5. The Kier molecular flexibility index (Phi) is 4.29. The predicted octanol–water partition coefficient (Wildman–Crippen LogP) is 3.62. The van der Waals surface area contributed by atoms with E-state index in [4.69, 9.17) is 11.6 Å². The molecular weight excluding hydrogens is 290 g/mol. The Morgan fingerprint density at radius 3 is 2.43 bits per heavy atom. The Morgan fingerprint density at radius 1 is 1.14 bits per heavy atom. The lowest BCUT2D eigenvalue weighted by atomic mass is 10.1. The summed E-state index contributed by atoms with van der Waals surface area (Å²) >= 11 is 5.96. The number of amides is 1. The van der Waals surface area contributed by atoms with Crippen molar-refractivity contribution in [3.8, 4) is 0 Å². The predicted molar refractivity (Wildman–Crippen MR) is 82.3 cm³/mol. The van der Waals surface area contributed by atoms with Gasteiger partial charge in [-0.1, -0.05) is 23.7 Å². The second-order valence-corrected chi connectivity index (χ2v) is 5.14. The van der Waals surface area contributed by atoms with Crippen LogP contribution >= 0.6 is 11.6 Å². The molecule has 0 radical (unpaired) electrons. The highest BCUT2D eigenvalue weighted by Gasteiger charge is 2.19. The smallest absolute Gasteiger partial charge is 0.337 e. The van der Waals surface area contributed by atoms with Crippen molar-refractivity contribution in [3.05, 3.63) is 64.2 Å². The van der Waals surface area contributed by atoms with Gasteiger partial charge in [0.2, 0.25) is 0 Å². The molecule has 0 spiro atoms. The van der Waals surface area contributed by atoms with Crippen molar-refractivity contribution >= 4 is 29.2 Å². The van der Waals surface area contributed by atoms with Gasteiger partial charge in [0.1, 0.15) is 0 Å². The molecule has 5 heteroatoms. The lowest BCUT2D eigenvalue weighted by Gasteiger charge is -2.19. The number of halogens is 1. The standard InChI is InChI=1S/C16H14ClNO3/c1-10-7-11(9-12(17)8-10)15(19)18(2)14-6-4-3-5-13(14)16(20)21/h3-9H,1-2H3,(H,20,21). The van der Waals surface area contributed by atoms with Crippen LogP contribution in [0.2, 0.25) is 5.02 Å². The molecule has 1 N–H and O–H groups in total. The second kappa shape index (κ2) is 5.97. The first-order valence-electron chi connectivity index (χ1n) is 6.27. The molecule has 0 saturated heterocycles. The summed E-state index contributed by atoms with van der Waals surface area (Å²) in [6, 6.07) is 11.4. The highest BCUT2D eigenvalue weighted by Crippen LogP contribution is 2.22. The average molecular weight is 304 g/mol. The third-order valence-electron chi connectivity index (χ3n) is 3.09. The number of nitrogens with zero attached hydrogens (tertiary/aromatic N) is 1. The minimum atomic E-state index is -1.08. The van der Waals surface area contributed by atoms with Crippen LogP contribution < -0.4 is 4.90 Å². The molecule has 0 heterocycles. The van der Waals surface area contributed by atoms with E-state index >= 15 is 0 Å². The number of carbonyl (C=O) groups is 2. The third kappa shape index (κ3) is 3.23. The molecule has 0 unspecified atom stereocenters. The van der Waals surface area contributed by atoms with E-state index in [0.717, 1.165) is 5.56 Å². The summed E-state index contributed by atoms with van der Waals surface area (Å²) in [5.74, 6) is -1.39. The van der Waals surface area contributed by atoms with Gasteiger partial charge in [0.05, 0.1) is 11.3 Å². The number of benzene rings is 2. The van der Waals surface area contributed by atoms with Gasteiger partial charge in [0, 0.05) is 17.6 Å². The van der Waals surface area contributed by atoms with Crippen LogP contribution in [0, 0.1) is 6.92 Å². The Morgan fingerprint density at radius 2 is 1.81 bits per heavy atom.